The van der Waals surface area contributed by atoms with E-state index in [2.05, 4.69) is 10.6 Å². The quantitative estimate of drug-likeness (QED) is 0.835. The van der Waals surface area contributed by atoms with E-state index in [0.717, 1.165) is 18.4 Å². The van der Waals surface area contributed by atoms with Crippen molar-refractivity contribution in [3.05, 3.63) is 64.9 Å². The molecule has 0 heterocycles. The fraction of sp³-hybridized carbons (Fsp3) is 0.222. The number of hydrogen-bond acceptors (Lipinski definition) is 2. The topological polar surface area (TPSA) is 58.2 Å². The van der Waals surface area contributed by atoms with Gasteiger partial charge in [0.2, 0.25) is 0 Å². The number of amides is 2. The van der Waals surface area contributed by atoms with E-state index < -0.39 is 11.8 Å². The molecule has 2 amide bonds. The summed E-state index contributed by atoms with van der Waals surface area (Å²) in [5.74, 6) is -1.78. The molecule has 0 unspecified atom stereocenters. The van der Waals surface area contributed by atoms with Crippen LogP contribution in [0.25, 0.3) is 0 Å². The van der Waals surface area contributed by atoms with E-state index in [9.17, 15) is 14.0 Å². The van der Waals surface area contributed by atoms with Crippen LogP contribution in [0.1, 0.15) is 18.4 Å². The SMILES string of the molecule is O=C(NCC1(c2ccc(F)cc2)CC1)C(=O)Nc1ccccc1Cl. The van der Waals surface area contributed by atoms with Crippen LogP contribution >= 0.6 is 11.6 Å². The van der Waals surface area contributed by atoms with E-state index in [0.29, 0.717) is 17.3 Å². The molecule has 0 aliphatic heterocycles. The molecule has 1 aliphatic rings. The molecule has 0 atom stereocenters. The second-order valence-corrected chi connectivity index (χ2v) is 6.31. The fourth-order valence-electron chi connectivity index (χ4n) is 2.59. The Morgan fingerprint density at radius 3 is 2.33 bits per heavy atom. The van der Waals surface area contributed by atoms with Gasteiger partial charge in [0.1, 0.15) is 5.82 Å². The molecule has 3 rings (SSSR count). The molecule has 0 radical (unpaired) electrons. The van der Waals surface area contributed by atoms with E-state index in [1.807, 2.05) is 0 Å². The molecule has 0 saturated heterocycles. The first-order valence-electron chi connectivity index (χ1n) is 7.60. The van der Waals surface area contributed by atoms with Crippen LogP contribution in [0, 0.1) is 5.82 Å². The predicted molar refractivity (Wildman–Crippen MR) is 90.4 cm³/mol. The first-order valence-corrected chi connectivity index (χ1v) is 7.98. The summed E-state index contributed by atoms with van der Waals surface area (Å²) in [5.41, 5.74) is 1.16. The van der Waals surface area contributed by atoms with E-state index in [1.165, 1.54) is 12.1 Å². The Bertz CT molecular complexity index is 773. The van der Waals surface area contributed by atoms with E-state index in [4.69, 9.17) is 11.6 Å². The molecule has 1 saturated carbocycles. The molecule has 2 aromatic carbocycles. The van der Waals surface area contributed by atoms with Gasteiger partial charge in [-0.15, -0.1) is 0 Å². The summed E-state index contributed by atoms with van der Waals surface area (Å²) in [5, 5.41) is 5.50. The molecule has 124 valence electrons. The van der Waals surface area contributed by atoms with Gasteiger partial charge < -0.3 is 10.6 Å². The van der Waals surface area contributed by atoms with Crippen LogP contribution in [0.2, 0.25) is 5.02 Å². The van der Waals surface area contributed by atoms with Crippen molar-refractivity contribution in [3.63, 3.8) is 0 Å². The maximum atomic E-state index is 13.0. The molecule has 1 fully saturated rings. The third-order valence-corrected chi connectivity index (χ3v) is 4.56. The molecule has 2 N–H and O–H groups in total. The average molecular weight is 347 g/mol. The number of para-hydroxylation sites is 1. The number of hydrogen-bond donors (Lipinski definition) is 2. The first kappa shape index (κ1) is 16.5. The van der Waals surface area contributed by atoms with Crippen molar-refractivity contribution < 1.29 is 14.0 Å². The van der Waals surface area contributed by atoms with Crippen molar-refractivity contribution in [3.8, 4) is 0 Å². The number of nitrogens with one attached hydrogen (secondary N) is 2. The average Bonchev–Trinajstić information content (AvgIpc) is 3.36. The second-order valence-electron chi connectivity index (χ2n) is 5.90. The van der Waals surface area contributed by atoms with E-state index >= 15 is 0 Å². The monoisotopic (exact) mass is 346 g/mol. The zero-order chi connectivity index (χ0) is 17.2. The summed E-state index contributed by atoms with van der Waals surface area (Å²) in [6.45, 7) is 0.341. The van der Waals surface area contributed by atoms with Gasteiger partial charge in [-0.05, 0) is 42.7 Å². The standard InChI is InChI=1S/C18H16ClFN2O2/c19-14-3-1-2-4-15(14)22-17(24)16(23)21-11-18(9-10-18)12-5-7-13(20)8-6-12/h1-8H,9-11H2,(H,21,23)(H,22,24). The van der Waals surface area contributed by atoms with Crippen LogP contribution in [-0.2, 0) is 15.0 Å². The van der Waals surface area contributed by atoms with Gasteiger partial charge in [-0.25, -0.2) is 4.39 Å². The van der Waals surface area contributed by atoms with Gasteiger partial charge in [0.25, 0.3) is 0 Å². The zero-order valence-electron chi connectivity index (χ0n) is 12.8. The van der Waals surface area contributed by atoms with Gasteiger partial charge in [0, 0.05) is 12.0 Å². The number of benzene rings is 2. The van der Waals surface area contributed by atoms with Crippen molar-refractivity contribution in [1.82, 2.24) is 5.32 Å². The fourth-order valence-corrected chi connectivity index (χ4v) is 2.78. The van der Waals surface area contributed by atoms with Gasteiger partial charge in [-0.1, -0.05) is 35.9 Å². The number of carbonyl (C=O) groups excluding carboxylic acids is 2. The lowest BCUT2D eigenvalue weighted by atomic mass is 9.96. The van der Waals surface area contributed by atoms with Gasteiger partial charge in [0.05, 0.1) is 10.7 Å². The summed E-state index contributed by atoms with van der Waals surface area (Å²) < 4.78 is 13.0. The molecule has 1 aliphatic carbocycles. The Morgan fingerprint density at radius 2 is 1.71 bits per heavy atom. The lowest BCUT2D eigenvalue weighted by Gasteiger charge is -2.16. The van der Waals surface area contributed by atoms with E-state index in [1.54, 1.807) is 36.4 Å². The second kappa shape index (κ2) is 6.61. The maximum Gasteiger partial charge on any atom is 0.313 e. The van der Waals surface area contributed by atoms with Crippen LogP contribution < -0.4 is 10.6 Å². The molecule has 2 aromatic rings. The Kier molecular flexibility index (Phi) is 4.53. The van der Waals surface area contributed by atoms with Crippen LogP contribution in [0.4, 0.5) is 10.1 Å². The number of anilines is 1. The lowest BCUT2D eigenvalue weighted by Crippen LogP contribution is -2.39. The van der Waals surface area contributed by atoms with Crippen molar-refractivity contribution in [2.75, 3.05) is 11.9 Å². The smallest absolute Gasteiger partial charge is 0.313 e. The maximum absolute atomic E-state index is 13.0. The Hall–Kier alpha value is -2.40. The van der Waals surface area contributed by atoms with Crippen LogP contribution in [-0.4, -0.2) is 18.4 Å². The zero-order valence-corrected chi connectivity index (χ0v) is 13.6. The van der Waals surface area contributed by atoms with Gasteiger partial charge >= 0.3 is 11.8 Å². The molecule has 0 bridgehead atoms. The largest absolute Gasteiger partial charge is 0.347 e. The number of rotatable bonds is 4. The summed E-state index contributed by atoms with van der Waals surface area (Å²) in [6, 6.07) is 12.9. The van der Waals surface area contributed by atoms with Gasteiger partial charge in [0.15, 0.2) is 0 Å². The highest BCUT2D eigenvalue weighted by Crippen LogP contribution is 2.47. The lowest BCUT2D eigenvalue weighted by molar-refractivity contribution is -0.136. The molecule has 0 aromatic heterocycles. The van der Waals surface area contributed by atoms with Crippen molar-refractivity contribution in [2.24, 2.45) is 0 Å². The van der Waals surface area contributed by atoms with Crippen molar-refractivity contribution in [2.45, 2.75) is 18.3 Å². The molecular weight excluding hydrogens is 331 g/mol. The predicted octanol–water partition coefficient (Wildman–Crippen LogP) is 3.27. The highest BCUT2D eigenvalue weighted by atomic mass is 35.5. The first-order chi connectivity index (χ1) is 11.5. The summed E-state index contributed by atoms with van der Waals surface area (Å²) in [6.07, 6.45) is 1.79. The molecule has 24 heavy (non-hydrogen) atoms. The van der Waals surface area contributed by atoms with Crippen molar-refractivity contribution in [1.29, 1.82) is 0 Å². The third-order valence-electron chi connectivity index (χ3n) is 4.23. The van der Waals surface area contributed by atoms with Gasteiger partial charge in [-0.3, -0.25) is 9.59 Å². The van der Waals surface area contributed by atoms with Gasteiger partial charge in [-0.2, -0.15) is 0 Å². The molecular formula is C18H16ClFN2O2. The summed E-state index contributed by atoms with van der Waals surface area (Å²) in [7, 11) is 0. The van der Waals surface area contributed by atoms with Crippen LogP contribution in [0.15, 0.2) is 48.5 Å². The minimum absolute atomic E-state index is 0.200. The number of halogens is 2. The molecule has 6 heteroatoms. The Morgan fingerprint density at radius 1 is 1.04 bits per heavy atom. The Labute approximate surface area is 144 Å². The Balaban J connectivity index is 1.58. The van der Waals surface area contributed by atoms with Crippen molar-refractivity contribution >= 4 is 29.1 Å². The van der Waals surface area contributed by atoms with E-state index in [-0.39, 0.29) is 11.2 Å². The molecule has 4 nitrogen and oxygen atoms in total. The molecule has 0 spiro atoms. The normalized spacial score (nSPS) is 14.8. The van der Waals surface area contributed by atoms with Crippen LogP contribution in [0.5, 0.6) is 0 Å². The minimum Gasteiger partial charge on any atom is -0.347 e. The highest BCUT2D eigenvalue weighted by Gasteiger charge is 2.44. The summed E-state index contributed by atoms with van der Waals surface area (Å²) >= 11 is 5.95. The highest BCUT2D eigenvalue weighted by molar-refractivity contribution is 6.41. The minimum atomic E-state index is -0.766. The third kappa shape index (κ3) is 3.57. The number of carbonyl (C=O) groups is 2. The summed E-state index contributed by atoms with van der Waals surface area (Å²) in [4.78, 5) is 23.9. The van der Waals surface area contributed by atoms with Crippen LogP contribution in [0.3, 0.4) is 0 Å².